The van der Waals surface area contributed by atoms with E-state index >= 15 is 0 Å². The lowest BCUT2D eigenvalue weighted by Crippen LogP contribution is -2.19. The van der Waals surface area contributed by atoms with Crippen molar-refractivity contribution in [2.45, 2.75) is 44.9 Å². The molecule has 148 valence electrons. The van der Waals surface area contributed by atoms with Crippen LogP contribution < -0.4 is 5.73 Å². The Kier molecular flexibility index (Phi) is 4.83. The van der Waals surface area contributed by atoms with Gasteiger partial charge in [0.2, 0.25) is 0 Å². The van der Waals surface area contributed by atoms with Crippen LogP contribution in [0.25, 0.3) is 16.8 Å². The topological polar surface area (TPSA) is 87.4 Å². The number of ether oxygens (including phenoxy) is 1. The van der Waals surface area contributed by atoms with E-state index in [0.29, 0.717) is 24.1 Å². The van der Waals surface area contributed by atoms with Crippen LogP contribution in [0.1, 0.15) is 49.3 Å². The second-order valence-corrected chi connectivity index (χ2v) is 7.86. The number of rotatable bonds is 4. The molecule has 7 heteroatoms. The molecular formula is C21H27N5O2. The zero-order chi connectivity index (χ0) is 19.8. The summed E-state index contributed by atoms with van der Waals surface area (Å²) in [5, 5.41) is 4.47. The molecule has 0 radical (unpaired) electrons. The van der Waals surface area contributed by atoms with Crippen LogP contribution in [0.3, 0.4) is 0 Å². The molecule has 3 aromatic heterocycles. The third-order valence-electron chi connectivity index (χ3n) is 6.03. The average Bonchev–Trinajstić information content (AvgIpc) is 3.31. The van der Waals surface area contributed by atoms with Gasteiger partial charge in [-0.3, -0.25) is 4.79 Å². The van der Waals surface area contributed by atoms with Gasteiger partial charge in [-0.15, -0.1) is 0 Å². The lowest BCUT2D eigenvalue weighted by Gasteiger charge is -2.28. The van der Waals surface area contributed by atoms with Crippen molar-refractivity contribution < 1.29 is 9.53 Å². The number of esters is 1. The van der Waals surface area contributed by atoms with E-state index < -0.39 is 0 Å². The summed E-state index contributed by atoms with van der Waals surface area (Å²) in [4.78, 5) is 16.6. The largest absolute Gasteiger partial charge is 0.469 e. The molecule has 0 saturated heterocycles. The van der Waals surface area contributed by atoms with Crippen LogP contribution in [-0.4, -0.2) is 32.2 Å². The summed E-state index contributed by atoms with van der Waals surface area (Å²) in [6.07, 6.45) is 10.5. The molecule has 0 bridgehead atoms. The molecule has 3 heterocycles. The van der Waals surface area contributed by atoms with Crippen LogP contribution >= 0.6 is 0 Å². The quantitative estimate of drug-likeness (QED) is 0.699. The van der Waals surface area contributed by atoms with Gasteiger partial charge in [-0.05, 0) is 44.6 Å². The molecule has 7 nitrogen and oxygen atoms in total. The maximum Gasteiger partial charge on any atom is 0.305 e. The number of nitrogen functional groups attached to an aromatic ring is 1. The molecule has 1 aliphatic rings. The summed E-state index contributed by atoms with van der Waals surface area (Å²) in [6, 6.07) is 2.06. The van der Waals surface area contributed by atoms with Crippen LogP contribution in [0.2, 0.25) is 0 Å². The fourth-order valence-corrected chi connectivity index (χ4v) is 4.34. The van der Waals surface area contributed by atoms with Gasteiger partial charge in [0.05, 0.1) is 19.0 Å². The van der Waals surface area contributed by atoms with E-state index in [1.807, 2.05) is 30.9 Å². The Labute approximate surface area is 164 Å². The Balaban J connectivity index is 1.64. The van der Waals surface area contributed by atoms with Crippen molar-refractivity contribution in [3.8, 4) is 11.1 Å². The second-order valence-electron chi connectivity index (χ2n) is 7.86. The summed E-state index contributed by atoms with van der Waals surface area (Å²) in [5.41, 5.74) is 11.4. The molecule has 2 N–H and O–H groups in total. The number of carbonyl (C=O) groups excluding carboxylic acids is 1. The number of nitrogens with two attached hydrogens (primary N) is 1. The monoisotopic (exact) mass is 381 g/mol. The number of carbonyl (C=O) groups is 1. The van der Waals surface area contributed by atoms with Crippen molar-refractivity contribution in [1.82, 2.24) is 19.2 Å². The fraction of sp³-hybridized carbons (Fsp3) is 0.476. The van der Waals surface area contributed by atoms with Gasteiger partial charge in [-0.25, -0.2) is 4.98 Å². The van der Waals surface area contributed by atoms with Crippen molar-refractivity contribution in [1.29, 1.82) is 0 Å². The van der Waals surface area contributed by atoms with E-state index in [4.69, 9.17) is 15.5 Å². The molecule has 28 heavy (non-hydrogen) atoms. The fourth-order valence-electron chi connectivity index (χ4n) is 4.34. The molecule has 0 atom stereocenters. The first kappa shape index (κ1) is 18.5. The highest BCUT2D eigenvalue weighted by Gasteiger charge is 2.28. The smallest absolute Gasteiger partial charge is 0.305 e. The molecule has 4 rings (SSSR count). The van der Waals surface area contributed by atoms with Gasteiger partial charge in [0.15, 0.2) is 5.65 Å². The second kappa shape index (κ2) is 7.30. The predicted octanol–water partition coefficient (Wildman–Crippen LogP) is 3.46. The summed E-state index contributed by atoms with van der Waals surface area (Å²) < 4.78 is 8.57. The molecular weight excluding hydrogens is 354 g/mol. The third-order valence-corrected chi connectivity index (χ3v) is 6.03. The van der Waals surface area contributed by atoms with Crippen LogP contribution in [-0.2, 0) is 16.6 Å². The van der Waals surface area contributed by atoms with E-state index in [9.17, 15) is 4.79 Å². The van der Waals surface area contributed by atoms with Crippen LogP contribution in [0.15, 0.2) is 24.7 Å². The first-order valence-corrected chi connectivity index (χ1v) is 9.80. The Morgan fingerprint density at radius 2 is 2.07 bits per heavy atom. The first-order valence-electron chi connectivity index (χ1n) is 9.80. The first-order chi connectivity index (χ1) is 13.5. The highest BCUT2D eigenvalue weighted by Crippen LogP contribution is 2.39. The SMILES string of the molecule is COC(=O)CC1CCC(c2nc3c(-c4ccn(C)c4)cnn3c(N)c2C)CC1. The molecule has 0 amide bonds. The number of methoxy groups -OCH3 is 1. The number of aryl methyl sites for hydroxylation is 1. The van der Waals surface area contributed by atoms with Gasteiger partial charge >= 0.3 is 5.97 Å². The Bertz CT molecular complexity index is 1010. The molecule has 0 unspecified atom stereocenters. The van der Waals surface area contributed by atoms with Gasteiger partial charge in [0.25, 0.3) is 0 Å². The summed E-state index contributed by atoms with van der Waals surface area (Å²) in [6.45, 7) is 2.03. The van der Waals surface area contributed by atoms with Crippen molar-refractivity contribution in [3.63, 3.8) is 0 Å². The Morgan fingerprint density at radius 1 is 1.32 bits per heavy atom. The van der Waals surface area contributed by atoms with Gasteiger partial charge in [-0.1, -0.05) is 0 Å². The lowest BCUT2D eigenvalue weighted by molar-refractivity contribution is -0.142. The molecule has 0 aromatic carbocycles. The summed E-state index contributed by atoms with van der Waals surface area (Å²) >= 11 is 0. The van der Waals surface area contributed by atoms with Gasteiger partial charge in [0, 0.05) is 48.5 Å². The van der Waals surface area contributed by atoms with Crippen LogP contribution in [0.4, 0.5) is 5.82 Å². The molecule has 3 aromatic rings. The number of nitrogens with zero attached hydrogens (tertiary/aromatic N) is 4. The number of hydrogen-bond acceptors (Lipinski definition) is 5. The van der Waals surface area contributed by atoms with Crippen molar-refractivity contribution in [2.24, 2.45) is 13.0 Å². The summed E-state index contributed by atoms with van der Waals surface area (Å²) in [7, 11) is 3.45. The van der Waals surface area contributed by atoms with E-state index in [0.717, 1.165) is 53.7 Å². The zero-order valence-corrected chi connectivity index (χ0v) is 16.7. The highest BCUT2D eigenvalue weighted by molar-refractivity contribution is 5.78. The minimum absolute atomic E-state index is 0.116. The molecule has 1 fully saturated rings. The normalized spacial score (nSPS) is 19.8. The lowest BCUT2D eigenvalue weighted by atomic mass is 9.78. The summed E-state index contributed by atoms with van der Waals surface area (Å²) in [5.74, 6) is 1.30. The molecule has 0 spiro atoms. The van der Waals surface area contributed by atoms with Gasteiger partial charge in [-0.2, -0.15) is 9.61 Å². The van der Waals surface area contributed by atoms with Crippen LogP contribution in [0, 0.1) is 12.8 Å². The van der Waals surface area contributed by atoms with Crippen molar-refractivity contribution in [2.75, 3.05) is 12.8 Å². The third kappa shape index (κ3) is 3.25. The number of anilines is 1. The van der Waals surface area contributed by atoms with E-state index in [2.05, 4.69) is 17.4 Å². The number of fused-ring (bicyclic) bond motifs is 1. The minimum Gasteiger partial charge on any atom is -0.469 e. The van der Waals surface area contributed by atoms with Gasteiger partial charge in [0.1, 0.15) is 5.82 Å². The highest BCUT2D eigenvalue weighted by atomic mass is 16.5. The average molecular weight is 381 g/mol. The Morgan fingerprint density at radius 3 is 2.71 bits per heavy atom. The molecule has 1 saturated carbocycles. The van der Waals surface area contributed by atoms with Crippen molar-refractivity contribution in [3.05, 3.63) is 35.9 Å². The number of aromatic nitrogens is 4. The molecule has 1 aliphatic carbocycles. The maximum absolute atomic E-state index is 11.6. The van der Waals surface area contributed by atoms with Gasteiger partial charge < -0.3 is 15.0 Å². The van der Waals surface area contributed by atoms with E-state index in [1.165, 1.54) is 7.11 Å². The van der Waals surface area contributed by atoms with E-state index in [1.54, 1.807) is 4.52 Å². The maximum atomic E-state index is 11.6. The zero-order valence-electron chi connectivity index (χ0n) is 16.7. The number of hydrogen-bond donors (Lipinski definition) is 1. The van der Waals surface area contributed by atoms with Crippen molar-refractivity contribution >= 4 is 17.4 Å². The van der Waals surface area contributed by atoms with Crippen LogP contribution in [0.5, 0.6) is 0 Å². The van der Waals surface area contributed by atoms with E-state index in [-0.39, 0.29) is 5.97 Å². The molecule has 0 aliphatic heterocycles. The minimum atomic E-state index is -0.116. The Hall–Kier alpha value is -2.83. The standard InChI is InChI=1S/C21H27N5O2/c1-13-19(15-6-4-14(5-7-15)10-18(27)28-3)24-21-17(11-23-26(21)20(13)22)16-8-9-25(2)12-16/h8-9,11-12,14-15H,4-7,10,22H2,1-3H3. The predicted molar refractivity (Wildman–Crippen MR) is 108 cm³/mol.